The lowest BCUT2D eigenvalue weighted by Crippen LogP contribution is -2.22. The van der Waals surface area contributed by atoms with E-state index in [1.807, 2.05) is 23.1 Å². The molecule has 1 aliphatic carbocycles. The van der Waals surface area contributed by atoms with E-state index in [0.717, 1.165) is 24.1 Å². The summed E-state index contributed by atoms with van der Waals surface area (Å²) in [4.78, 5) is 34.9. The summed E-state index contributed by atoms with van der Waals surface area (Å²) in [5, 5.41) is 14.3. The molecule has 0 unspecified atom stereocenters. The number of amides is 2. The Morgan fingerprint density at radius 1 is 1.26 bits per heavy atom. The number of para-hydroxylation sites is 1. The number of carbonyl (C=O) groups is 2. The normalized spacial score (nSPS) is 16.5. The zero-order valence-corrected chi connectivity index (χ0v) is 17.3. The van der Waals surface area contributed by atoms with Gasteiger partial charge in [-0.3, -0.25) is 9.59 Å². The number of methoxy groups -OCH3 is 1. The fraction of sp³-hybridized carbons (Fsp3) is 0.318. The Labute approximate surface area is 179 Å². The van der Waals surface area contributed by atoms with Gasteiger partial charge in [0.25, 0.3) is 5.91 Å². The fourth-order valence-electron chi connectivity index (χ4n) is 3.98. The minimum Gasteiger partial charge on any atom is -0.494 e. The molecule has 3 heterocycles. The summed E-state index contributed by atoms with van der Waals surface area (Å²) < 4.78 is 5.58. The standard InChI is InChI=1S/C22H22N6O3/c1-11(23)13-4-3-5-14(20(13)31-2)24-15-8-17(26-22(30)12-6-7-12)25-16-9-28-10-18(29)27-21(28)19(15)16/h3-5,8,12,23H,6-7,9-10H2,1-2H3,(H2,24,25,26,30). The number of nitrogens with zero attached hydrogens (tertiary/aromatic N) is 3. The zero-order valence-electron chi connectivity index (χ0n) is 17.3. The van der Waals surface area contributed by atoms with Crippen LogP contribution in [0.25, 0.3) is 0 Å². The number of nitrogens with one attached hydrogen (secondary N) is 3. The topological polar surface area (TPSA) is 120 Å². The minimum atomic E-state index is -0.184. The molecule has 2 aliphatic heterocycles. The first-order valence-corrected chi connectivity index (χ1v) is 10.2. The summed E-state index contributed by atoms with van der Waals surface area (Å²) >= 11 is 0. The first-order chi connectivity index (χ1) is 14.9. The lowest BCUT2D eigenvalue weighted by Gasteiger charge is -2.17. The van der Waals surface area contributed by atoms with Crippen LogP contribution in [-0.2, 0) is 16.1 Å². The van der Waals surface area contributed by atoms with Crippen LogP contribution in [-0.4, -0.2) is 46.9 Å². The molecule has 0 spiro atoms. The Kier molecular flexibility index (Phi) is 4.46. The third-order valence-electron chi connectivity index (χ3n) is 5.61. The Bertz CT molecular complexity index is 1170. The van der Waals surface area contributed by atoms with E-state index in [1.165, 1.54) is 0 Å². The second-order valence-corrected chi connectivity index (χ2v) is 7.96. The van der Waals surface area contributed by atoms with E-state index in [9.17, 15) is 9.59 Å². The number of aromatic nitrogens is 1. The smallest absolute Gasteiger partial charge is 0.267 e. The first-order valence-electron chi connectivity index (χ1n) is 10.2. The predicted octanol–water partition coefficient (Wildman–Crippen LogP) is 2.67. The maximum Gasteiger partial charge on any atom is 0.267 e. The van der Waals surface area contributed by atoms with Gasteiger partial charge in [-0.15, -0.1) is 0 Å². The van der Waals surface area contributed by atoms with Gasteiger partial charge in [-0.2, -0.15) is 4.99 Å². The molecule has 5 rings (SSSR count). The maximum absolute atomic E-state index is 12.3. The molecule has 31 heavy (non-hydrogen) atoms. The van der Waals surface area contributed by atoms with E-state index in [1.54, 1.807) is 20.1 Å². The molecular weight excluding hydrogens is 396 g/mol. The SMILES string of the molecule is COc1c(Nc2cc(NC(=O)C3CC3)nc3c2C2=NC(=O)CN2C3)cccc1C(C)=N. The van der Waals surface area contributed by atoms with Gasteiger partial charge in [0, 0.05) is 23.3 Å². The summed E-state index contributed by atoms with van der Waals surface area (Å²) in [7, 11) is 1.56. The zero-order chi connectivity index (χ0) is 21.7. The van der Waals surface area contributed by atoms with E-state index in [4.69, 9.17) is 10.1 Å². The average Bonchev–Trinajstić information content (AvgIpc) is 3.44. The van der Waals surface area contributed by atoms with Gasteiger partial charge >= 0.3 is 0 Å². The lowest BCUT2D eigenvalue weighted by atomic mass is 10.1. The molecule has 9 heteroatoms. The quantitative estimate of drug-likeness (QED) is 0.621. The van der Waals surface area contributed by atoms with Crippen LogP contribution >= 0.6 is 0 Å². The van der Waals surface area contributed by atoms with Crippen molar-refractivity contribution >= 4 is 40.6 Å². The molecule has 3 N–H and O–H groups in total. The second kappa shape index (κ2) is 7.19. The van der Waals surface area contributed by atoms with E-state index in [0.29, 0.717) is 46.6 Å². The number of fused-ring (bicyclic) bond motifs is 3. The number of anilines is 3. The first kappa shape index (κ1) is 19.2. The Morgan fingerprint density at radius 2 is 2.06 bits per heavy atom. The Balaban J connectivity index is 1.59. The van der Waals surface area contributed by atoms with Gasteiger partial charge in [-0.1, -0.05) is 6.07 Å². The number of ether oxygens (including phenoxy) is 1. The van der Waals surface area contributed by atoms with E-state index in [-0.39, 0.29) is 24.3 Å². The van der Waals surface area contributed by atoms with Crippen LogP contribution in [0.3, 0.4) is 0 Å². The maximum atomic E-state index is 12.3. The molecule has 2 aromatic rings. The number of benzene rings is 1. The molecular formula is C22H22N6O3. The molecule has 158 valence electrons. The second-order valence-electron chi connectivity index (χ2n) is 7.96. The van der Waals surface area contributed by atoms with Crippen molar-refractivity contribution in [2.75, 3.05) is 24.3 Å². The van der Waals surface area contributed by atoms with Crippen LogP contribution in [0.2, 0.25) is 0 Å². The van der Waals surface area contributed by atoms with Gasteiger partial charge < -0.3 is 25.7 Å². The predicted molar refractivity (Wildman–Crippen MR) is 116 cm³/mol. The van der Waals surface area contributed by atoms with Crippen molar-refractivity contribution in [3.63, 3.8) is 0 Å². The number of aliphatic imine (C=N–C) groups is 1. The van der Waals surface area contributed by atoms with Crippen LogP contribution in [0.1, 0.15) is 36.6 Å². The van der Waals surface area contributed by atoms with Gasteiger partial charge in [0.1, 0.15) is 18.2 Å². The van der Waals surface area contributed by atoms with E-state index >= 15 is 0 Å². The van der Waals surface area contributed by atoms with Crippen molar-refractivity contribution in [1.29, 1.82) is 5.41 Å². The van der Waals surface area contributed by atoms with Crippen molar-refractivity contribution in [2.24, 2.45) is 10.9 Å². The Morgan fingerprint density at radius 3 is 2.77 bits per heavy atom. The fourth-order valence-corrected chi connectivity index (χ4v) is 3.98. The number of hydrogen-bond acceptors (Lipinski definition) is 7. The number of rotatable bonds is 6. The van der Waals surface area contributed by atoms with Crippen molar-refractivity contribution in [1.82, 2.24) is 9.88 Å². The van der Waals surface area contributed by atoms with Crippen LogP contribution in [0.5, 0.6) is 5.75 Å². The van der Waals surface area contributed by atoms with E-state index in [2.05, 4.69) is 20.6 Å². The molecule has 3 aliphatic rings. The largest absolute Gasteiger partial charge is 0.494 e. The van der Waals surface area contributed by atoms with E-state index < -0.39 is 0 Å². The summed E-state index contributed by atoms with van der Waals surface area (Å²) in [6.07, 6.45) is 1.81. The number of hydrogen-bond donors (Lipinski definition) is 3. The third-order valence-corrected chi connectivity index (χ3v) is 5.61. The highest BCUT2D eigenvalue weighted by Crippen LogP contribution is 2.38. The van der Waals surface area contributed by atoms with Crippen molar-refractivity contribution in [3.05, 3.63) is 41.1 Å². The summed E-state index contributed by atoms with van der Waals surface area (Å²) in [6, 6.07) is 7.29. The lowest BCUT2D eigenvalue weighted by molar-refractivity contribution is -0.118. The summed E-state index contributed by atoms with van der Waals surface area (Å²) in [5.41, 5.74) is 3.90. The van der Waals surface area contributed by atoms with Gasteiger partial charge in [0.15, 0.2) is 5.75 Å². The van der Waals surface area contributed by atoms with Crippen LogP contribution in [0.15, 0.2) is 29.3 Å². The molecule has 2 amide bonds. The molecule has 0 radical (unpaired) electrons. The van der Waals surface area contributed by atoms with Crippen molar-refractivity contribution < 1.29 is 14.3 Å². The van der Waals surface area contributed by atoms with Gasteiger partial charge in [0.05, 0.1) is 36.3 Å². The highest BCUT2D eigenvalue weighted by molar-refractivity contribution is 6.16. The average molecular weight is 418 g/mol. The monoisotopic (exact) mass is 418 g/mol. The summed E-state index contributed by atoms with van der Waals surface area (Å²) in [5.74, 6) is 1.45. The van der Waals surface area contributed by atoms with Crippen LogP contribution < -0.4 is 15.4 Å². The van der Waals surface area contributed by atoms with Crippen LogP contribution in [0.4, 0.5) is 17.2 Å². The molecule has 9 nitrogen and oxygen atoms in total. The Hall–Kier alpha value is -3.75. The number of amidine groups is 1. The van der Waals surface area contributed by atoms with Crippen molar-refractivity contribution in [3.8, 4) is 5.75 Å². The van der Waals surface area contributed by atoms with Crippen LogP contribution in [0, 0.1) is 11.3 Å². The van der Waals surface area contributed by atoms with Gasteiger partial charge in [0.2, 0.25) is 5.91 Å². The molecule has 1 fully saturated rings. The minimum absolute atomic E-state index is 0.0246. The molecule has 1 aromatic heterocycles. The number of carbonyl (C=O) groups excluding carboxylic acids is 2. The highest BCUT2D eigenvalue weighted by Gasteiger charge is 2.36. The van der Waals surface area contributed by atoms with Gasteiger partial charge in [-0.05, 0) is 31.9 Å². The number of pyridine rings is 1. The van der Waals surface area contributed by atoms with Crippen molar-refractivity contribution in [2.45, 2.75) is 26.3 Å². The molecule has 0 saturated heterocycles. The molecule has 1 saturated carbocycles. The van der Waals surface area contributed by atoms with Gasteiger partial charge in [-0.25, -0.2) is 4.98 Å². The molecule has 0 atom stereocenters. The third kappa shape index (κ3) is 3.41. The summed E-state index contributed by atoms with van der Waals surface area (Å²) in [6.45, 7) is 2.38. The molecule has 0 bridgehead atoms. The molecule has 1 aromatic carbocycles. The highest BCUT2D eigenvalue weighted by atomic mass is 16.5.